The Balaban J connectivity index is 1.84. The molecular weight excluding hydrogens is 372 g/mol. The quantitative estimate of drug-likeness (QED) is 0.729. The minimum Gasteiger partial charge on any atom is -0.478 e. The second-order valence-electron chi connectivity index (χ2n) is 7.44. The number of imide groups is 1. The van der Waals surface area contributed by atoms with Crippen LogP contribution >= 0.6 is 0 Å². The molecule has 0 aromatic heterocycles. The van der Waals surface area contributed by atoms with E-state index in [0.29, 0.717) is 35.7 Å². The van der Waals surface area contributed by atoms with Crippen LogP contribution in [0.1, 0.15) is 67.3 Å². The second kappa shape index (κ2) is 7.87. The number of carboxylic acids is 1. The summed E-state index contributed by atoms with van der Waals surface area (Å²) in [6.45, 7) is 5.98. The van der Waals surface area contributed by atoms with Crippen LogP contribution in [0.5, 0.6) is 0 Å². The molecule has 2 aromatic rings. The summed E-state index contributed by atoms with van der Waals surface area (Å²) in [7, 11) is 0. The van der Waals surface area contributed by atoms with E-state index >= 15 is 0 Å². The number of benzene rings is 2. The van der Waals surface area contributed by atoms with Gasteiger partial charge in [-0.25, -0.2) is 4.79 Å². The summed E-state index contributed by atoms with van der Waals surface area (Å²) in [5, 5.41) is 11.9. The molecule has 0 radical (unpaired) electrons. The number of hydrogen-bond donors (Lipinski definition) is 2. The van der Waals surface area contributed by atoms with Crippen LogP contribution in [0.25, 0.3) is 0 Å². The smallest absolute Gasteiger partial charge is 0.336 e. The third kappa shape index (κ3) is 3.89. The minimum atomic E-state index is -1.08. The van der Waals surface area contributed by atoms with Crippen molar-refractivity contribution >= 4 is 29.4 Å². The van der Waals surface area contributed by atoms with Crippen LogP contribution in [0.2, 0.25) is 0 Å². The Hall–Kier alpha value is -3.48. The van der Waals surface area contributed by atoms with Gasteiger partial charge >= 0.3 is 5.97 Å². The van der Waals surface area contributed by atoms with E-state index in [0.717, 1.165) is 0 Å². The maximum absolute atomic E-state index is 12.7. The first-order chi connectivity index (χ1) is 13.7. The second-order valence-corrected chi connectivity index (χ2v) is 7.44. The number of amides is 3. The molecule has 3 rings (SSSR count). The van der Waals surface area contributed by atoms with Crippen molar-refractivity contribution in [1.29, 1.82) is 0 Å². The zero-order valence-corrected chi connectivity index (χ0v) is 16.5. The number of carboxylic acid groups (broad SMARTS) is 1. The molecule has 3 amide bonds. The topological polar surface area (TPSA) is 104 Å². The van der Waals surface area contributed by atoms with E-state index in [2.05, 4.69) is 5.32 Å². The molecule has 0 saturated carbocycles. The van der Waals surface area contributed by atoms with Gasteiger partial charge in [0.2, 0.25) is 0 Å². The normalized spacial score (nSPS) is 13.0. The van der Waals surface area contributed by atoms with E-state index in [9.17, 15) is 24.3 Å². The Kier molecular flexibility index (Phi) is 5.50. The molecule has 1 aliphatic heterocycles. The van der Waals surface area contributed by atoms with Gasteiger partial charge in [0.1, 0.15) is 0 Å². The standard InChI is InChI=1S/C22H22N2O5/c1-12(2)9-10-24-20(26)16-8-7-14(11-17(16)21(24)27)19(25)23-18-6-4-5-15(13(18)3)22(28)29/h4-8,11-12H,9-10H2,1-3H3,(H,23,25)(H,28,29). The Morgan fingerprint density at radius 3 is 2.41 bits per heavy atom. The molecule has 1 aliphatic rings. The average Bonchev–Trinajstić information content (AvgIpc) is 2.91. The fourth-order valence-electron chi connectivity index (χ4n) is 3.22. The van der Waals surface area contributed by atoms with Crippen LogP contribution in [0.4, 0.5) is 5.69 Å². The number of rotatable bonds is 6. The highest BCUT2D eigenvalue weighted by Crippen LogP contribution is 2.26. The summed E-state index contributed by atoms with van der Waals surface area (Å²) in [5.41, 5.74) is 1.62. The summed E-state index contributed by atoms with van der Waals surface area (Å²) >= 11 is 0. The van der Waals surface area contributed by atoms with E-state index in [1.54, 1.807) is 19.1 Å². The predicted octanol–water partition coefficient (Wildman–Crippen LogP) is 3.59. The van der Waals surface area contributed by atoms with Crippen LogP contribution in [0.15, 0.2) is 36.4 Å². The highest BCUT2D eigenvalue weighted by molar-refractivity contribution is 6.22. The Morgan fingerprint density at radius 2 is 1.76 bits per heavy atom. The van der Waals surface area contributed by atoms with Crippen LogP contribution in [0, 0.1) is 12.8 Å². The largest absolute Gasteiger partial charge is 0.478 e. The minimum absolute atomic E-state index is 0.0957. The molecule has 0 saturated heterocycles. The first-order valence-electron chi connectivity index (χ1n) is 9.35. The average molecular weight is 394 g/mol. The SMILES string of the molecule is Cc1c(NC(=O)c2ccc3c(c2)C(=O)N(CCC(C)C)C3=O)cccc1C(=O)O. The van der Waals surface area contributed by atoms with E-state index in [1.807, 2.05) is 13.8 Å². The van der Waals surface area contributed by atoms with Gasteiger partial charge in [0.25, 0.3) is 17.7 Å². The molecule has 0 atom stereocenters. The van der Waals surface area contributed by atoms with Crippen molar-refractivity contribution in [2.24, 2.45) is 5.92 Å². The number of carbonyl (C=O) groups excluding carboxylic acids is 3. The van der Waals surface area contributed by atoms with Crippen LogP contribution in [-0.2, 0) is 0 Å². The molecule has 29 heavy (non-hydrogen) atoms. The van der Waals surface area contributed by atoms with Crippen molar-refractivity contribution < 1.29 is 24.3 Å². The van der Waals surface area contributed by atoms with Crippen molar-refractivity contribution in [2.45, 2.75) is 27.2 Å². The molecule has 0 spiro atoms. The van der Waals surface area contributed by atoms with Crippen molar-refractivity contribution in [3.63, 3.8) is 0 Å². The third-order valence-electron chi connectivity index (χ3n) is 4.98. The molecule has 150 valence electrons. The number of hydrogen-bond acceptors (Lipinski definition) is 4. The maximum atomic E-state index is 12.7. The molecule has 0 bridgehead atoms. The van der Waals surface area contributed by atoms with Gasteiger partial charge in [0.05, 0.1) is 16.7 Å². The number of carbonyl (C=O) groups is 4. The summed E-state index contributed by atoms with van der Waals surface area (Å²) in [6, 6.07) is 9.00. The Labute approximate surface area is 168 Å². The summed E-state index contributed by atoms with van der Waals surface area (Å²) < 4.78 is 0. The lowest BCUT2D eigenvalue weighted by atomic mass is 10.0. The van der Waals surface area contributed by atoms with Gasteiger partial charge in [-0.1, -0.05) is 19.9 Å². The van der Waals surface area contributed by atoms with Crippen LogP contribution in [0.3, 0.4) is 0 Å². The monoisotopic (exact) mass is 394 g/mol. The molecule has 0 fully saturated rings. The number of aromatic carboxylic acids is 1. The summed E-state index contributed by atoms with van der Waals surface area (Å²) in [6.07, 6.45) is 0.706. The van der Waals surface area contributed by atoms with E-state index in [4.69, 9.17) is 0 Å². The highest BCUT2D eigenvalue weighted by Gasteiger charge is 2.35. The summed E-state index contributed by atoms with van der Waals surface area (Å²) in [5.74, 6) is -1.96. The summed E-state index contributed by atoms with van der Waals surface area (Å²) in [4.78, 5) is 50.3. The predicted molar refractivity (Wildman–Crippen MR) is 107 cm³/mol. The van der Waals surface area contributed by atoms with Gasteiger partial charge in [0, 0.05) is 17.8 Å². The highest BCUT2D eigenvalue weighted by atomic mass is 16.4. The number of fused-ring (bicyclic) bond motifs is 1. The van der Waals surface area contributed by atoms with Gasteiger partial charge in [-0.05, 0) is 55.2 Å². The molecule has 7 nitrogen and oxygen atoms in total. The molecule has 2 N–H and O–H groups in total. The lowest BCUT2D eigenvalue weighted by Crippen LogP contribution is -2.31. The van der Waals surface area contributed by atoms with Crippen LogP contribution in [-0.4, -0.2) is 40.2 Å². The molecule has 1 heterocycles. The van der Waals surface area contributed by atoms with Gasteiger partial charge in [-0.15, -0.1) is 0 Å². The zero-order valence-electron chi connectivity index (χ0n) is 16.5. The number of nitrogens with one attached hydrogen (secondary N) is 1. The fourth-order valence-corrected chi connectivity index (χ4v) is 3.22. The van der Waals surface area contributed by atoms with Crippen molar-refractivity contribution in [3.8, 4) is 0 Å². The van der Waals surface area contributed by atoms with Gasteiger partial charge in [0.15, 0.2) is 0 Å². The lowest BCUT2D eigenvalue weighted by Gasteiger charge is -2.14. The van der Waals surface area contributed by atoms with E-state index < -0.39 is 17.8 Å². The number of anilines is 1. The zero-order chi connectivity index (χ0) is 21.3. The van der Waals surface area contributed by atoms with E-state index in [-0.39, 0.29) is 22.6 Å². The molecule has 0 aliphatic carbocycles. The van der Waals surface area contributed by atoms with Gasteiger partial charge < -0.3 is 10.4 Å². The first kappa shape index (κ1) is 20.3. The molecule has 0 unspecified atom stereocenters. The molecular formula is C22H22N2O5. The molecule has 2 aromatic carbocycles. The Bertz CT molecular complexity index is 1030. The van der Waals surface area contributed by atoms with Crippen LogP contribution < -0.4 is 5.32 Å². The molecule has 7 heteroatoms. The number of nitrogens with zero attached hydrogens (tertiary/aromatic N) is 1. The first-order valence-corrected chi connectivity index (χ1v) is 9.35. The lowest BCUT2D eigenvalue weighted by molar-refractivity contribution is 0.0644. The fraction of sp³-hybridized carbons (Fsp3) is 0.273. The maximum Gasteiger partial charge on any atom is 0.336 e. The van der Waals surface area contributed by atoms with Gasteiger partial charge in [-0.3, -0.25) is 19.3 Å². The third-order valence-corrected chi connectivity index (χ3v) is 4.98. The van der Waals surface area contributed by atoms with Crippen molar-refractivity contribution in [2.75, 3.05) is 11.9 Å². The van der Waals surface area contributed by atoms with Crippen molar-refractivity contribution in [3.05, 3.63) is 64.2 Å². The van der Waals surface area contributed by atoms with Gasteiger partial charge in [-0.2, -0.15) is 0 Å². The Morgan fingerprint density at radius 1 is 1.07 bits per heavy atom. The van der Waals surface area contributed by atoms with E-state index in [1.165, 1.54) is 29.2 Å². The van der Waals surface area contributed by atoms with Crippen molar-refractivity contribution in [1.82, 2.24) is 4.90 Å².